The van der Waals surface area contributed by atoms with Gasteiger partial charge in [0.2, 0.25) is 0 Å². The molecule has 0 bridgehead atoms. The minimum atomic E-state index is -1.11. The molecule has 2 aliphatic rings. The molecule has 0 spiro atoms. The molecule has 1 aliphatic heterocycles. The van der Waals surface area contributed by atoms with E-state index in [2.05, 4.69) is 14.5 Å². The summed E-state index contributed by atoms with van der Waals surface area (Å²) in [5.74, 6) is 0.734. The number of anilines is 1. The van der Waals surface area contributed by atoms with E-state index in [1.165, 1.54) is 12.0 Å². The van der Waals surface area contributed by atoms with E-state index in [-0.39, 0.29) is 0 Å². The highest BCUT2D eigenvalue weighted by Gasteiger charge is 2.31. The summed E-state index contributed by atoms with van der Waals surface area (Å²) in [5.41, 5.74) is 2.23. The molecule has 1 aliphatic carbocycles. The molecule has 1 N–H and O–H groups in total. The van der Waals surface area contributed by atoms with Gasteiger partial charge in [-0.1, -0.05) is 47.0 Å². The molecule has 4 rings (SSSR count). The van der Waals surface area contributed by atoms with E-state index >= 15 is 0 Å². The van der Waals surface area contributed by atoms with Crippen LogP contribution in [0.25, 0.3) is 0 Å². The molecular formula is C23H29Cl2N3OS. The summed E-state index contributed by atoms with van der Waals surface area (Å²) < 4.78 is 15.7. The van der Waals surface area contributed by atoms with Crippen molar-refractivity contribution in [1.29, 1.82) is 0 Å². The zero-order chi connectivity index (χ0) is 21.1. The molecule has 0 radical (unpaired) electrons. The van der Waals surface area contributed by atoms with Crippen LogP contribution in [0, 0.1) is 12.8 Å². The molecule has 1 heterocycles. The van der Waals surface area contributed by atoms with E-state index in [0.717, 1.165) is 62.1 Å². The molecule has 7 heteroatoms. The highest BCUT2D eigenvalue weighted by atomic mass is 35.5. The molecular weight excluding hydrogens is 437 g/mol. The molecule has 4 nitrogen and oxygen atoms in total. The van der Waals surface area contributed by atoms with Crippen LogP contribution < -0.4 is 9.62 Å². The topological polar surface area (TPSA) is 35.6 Å². The summed E-state index contributed by atoms with van der Waals surface area (Å²) in [6.45, 7) is 7.23. The van der Waals surface area contributed by atoms with Crippen LogP contribution in [0.5, 0.6) is 0 Å². The molecule has 2 fully saturated rings. The lowest BCUT2D eigenvalue weighted by Gasteiger charge is -2.39. The lowest BCUT2D eigenvalue weighted by Crippen LogP contribution is -2.48. The van der Waals surface area contributed by atoms with Crippen molar-refractivity contribution in [2.75, 3.05) is 37.6 Å². The van der Waals surface area contributed by atoms with Gasteiger partial charge in [-0.25, -0.2) is 8.93 Å². The molecule has 1 atom stereocenters. The van der Waals surface area contributed by atoms with Crippen molar-refractivity contribution in [2.45, 2.75) is 37.1 Å². The van der Waals surface area contributed by atoms with E-state index < -0.39 is 11.0 Å². The van der Waals surface area contributed by atoms with E-state index in [1.807, 2.05) is 49.4 Å². The van der Waals surface area contributed by atoms with Gasteiger partial charge in [-0.3, -0.25) is 4.90 Å². The minimum Gasteiger partial charge on any atom is -0.368 e. The van der Waals surface area contributed by atoms with Crippen molar-refractivity contribution in [2.24, 2.45) is 5.92 Å². The normalized spacial score (nSPS) is 23.2. The van der Waals surface area contributed by atoms with Gasteiger partial charge in [0, 0.05) is 32.2 Å². The zero-order valence-electron chi connectivity index (χ0n) is 17.3. The predicted molar refractivity (Wildman–Crippen MR) is 127 cm³/mol. The first-order chi connectivity index (χ1) is 14.5. The molecule has 30 heavy (non-hydrogen) atoms. The number of rotatable bonds is 7. The summed E-state index contributed by atoms with van der Waals surface area (Å²) in [6.07, 6.45) is 3.46. The largest absolute Gasteiger partial charge is 0.368 e. The van der Waals surface area contributed by atoms with Crippen molar-refractivity contribution >= 4 is 39.9 Å². The second-order valence-electron chi connectivity index (χ2n) is 8.42. The van der Waals surface area contributed by atoms with Crippen molar-refractivity contribution in [1.82, 2.24) is 9.62 Å². The molecule has 0 amide bonds. The summed E-state index contributed by atoms with van der Waals surface area (Å²) in [7, 11) is -1.11. The number of aryl methyl sites for hydroxylation is 1. The number of halogens is 2. The SMILES string of the molecule is Cc1ccc(S(=O)NC2CC(CCN3CCN(c4cccc(Cl)c4Cl)CC3)C2)cc1. The predicted octanol–water partition coefficient (Wildman–Crippen LogP) is 4.90. The Hall–Kier alpha value is -1.11. The lowest BCUT2D eigenvalue weighted by molar-refractivity contribution is 0.183. The van der Waals surface area contributed by atoms with Crippen LogP contribution in [-0.4, -0.2) is 47.9 Å². The van der Waals surface area contributed by atoms with Crippen LogP contribution in [0.3, 0.4) is 0 Å². The van der Waals surface area contributed by atoms with Crippen molar-refractivity contribution in [3.05, 3.63) is 58.1 Å². The molecule has 0 aromatic heterocycles. The van der Waals surface area contributed by atoms with Gasteiger partial charge >= 0.3 is 0 Å². The number of hydrogen-bond donors (Lipinski definition) is 1. The van der Waals surface area contributed by atoms with Crippen molar-refractivity contribution < 1.29 is 4.21 Å². The minimum absolute atomic E-state index is 0.374. The van der Waals surface area contributed by atoms with E-state index in [4.69, 9.17) is 23.2 Å². The summed E-state index contributed by atoms with van der Waals surface area (Å²) in [6, 6.07) is 14.1. The maximum absolute atomic E-state index is 12.4. The summed E-state index contributed by atoms with van der Waals surface area (Å²) >= 11 is 12.5. The maximum Gasteiger partial charge on any atom is 0.125 e. The molecule has 1 saturated heterocycles. The van der Waals surface area contributed by atoms with Crippen LogP contribution in [0.1, 0.15) is 24.8 Å². The van der Waals surface area contributed by atoms with Crippen LogP contribution in [0.4, 0.5) is 5.69 Å². The fourth-order valence-electron chi connectivity index (χ4n) is 4.26. The van der Waals surface area contributed by atoms with Gasteiger partial charge in [0.25, 0.3) is 0 Å². The van der Waals surface area contributed by atoms with Crippen molar-refractivity contribution in [3.8, 4) is 0 Å². The highest BCUT2D eigenvalue weighted by Crippen LogP contribution is 2.34. The smallest absolute Gasteiger partial charge is 0.125 e. The molecule has 1 saturated carbocycles. The Morgan fingerprint density at radius 2 is 1.73 bits per heavy atom. The Bertz CT molecular complexity index is 879. The number of benzene rings is 2. The Morgan fingerprint density at radius 3 is 2.43 bits per heavy atom. The van der Waals surface area contributed by atoms with Gasteiger partial charge in [0.1, 0.15) is 11.0 Å². The number of hydrogen-bond acceptors (Lipinski definition) is 3. The highest BCUT2D eigenvalue weighted by molar-refractivity contribution is 7.83. The van der Waals surface area contributed by atoms with E-state index in [0.29, 0.717) is 16.1 Å². The third kappa shape index (κ3) is 5.38. The Kier molecular flexibility index (Phi) is 7.37. The Morgan fingerprint density at radius 1 is 1.03 bits per heavy atom. The van der Waals surface area contributed by atoms with Gasteiger partial charge < -0.3 is 4.90 Å². The zero-order valence-corrected chi connectivity index (χ0v) is 19.6. The third-order valence-electron chi connectivity index (χ3n) is 6.24. The van der Waals surface area contributed by atoms with Gasteiger partial charge in [-0.15, -0.1) is 0 Å². The average molecular weight is 466 g/mol. The van der Waals surface area contributed by atoms with Crippen LogP contribution in [-0.2, 0) is 11.0 Å². The average Bonchev–Trinajstić information content (AvgIpc) is 2.72. The quantitative estimate of drug-likeness (QED) is 0.630. The number of nitrogens with zero attached hydrogens (tertiary/aromatic N) is 2. The van der Waals surface area contributed by atoms with Crippen LogP contribution >= 0.6 is 23.2 Å². The first kappa shape index (κ1) is 22.1. The van der Waals surface area contributed by atoms with Gasteiger partial charge in [0.05, 0.1) is 20.6 Å². The molecule has 162 valence electrons. The summed E-state index contributed by atoms with van der Waals surface area (Å²) in [4.78, 5) is 5.73. The molecule has 2 aromatic carbocycles. The van der Waals surface area contributed by atoms with Crippen LogP contribution in [0.2, 0.25) is 10.0 Å². The first-order valence-corrected chi connectivity index (χ1v) is 12.6. The third-order valence-corrected chi connectivity index (χ3v) is 8.30. The number of piperazine rings is 1. The standard InChI is InChI=1S/C23H29Cl2N3OS/c1-17-5-7-20(8-6-17)30(29)26-19-15-18(16-19)9-10-27-11-13-28(14-12-27)22-4-2-3-21(24)23(22)25/h2-8,18-19,26H,9-16H2,1H3. The van der Waals surface area contributed by atoms with Gasteiger partial charge in [0.15, 0.2) is 0 Å². The fraction of sp³-hybridized carbons (Fsp3) is 0.478. The second kappa shape index (κ2) is 10.0. The Balaban J connectivity index is 1.15. The van der Waals surface area contributed by atoms with Gasteiger partial charge in [-0.2, -0.15) is 0 Å². The van der Waals surface area contributed by atoms with Crippen molar-refractivity contribution in [3.63, 3.8) is 0 Å². The molecule has 1 unspecified atom stereocenters. The lowest BCUT2D eigenvalue weighted by atomic mass is 9.79. The first-order valence-electron chi connectivity index (χ1n) is 10.7. The summed E-state index contributed by atoms with van der Waals surface area (Å²) in [5, 5.41) is 1.27. The van der Waals surface area contributed by atoms with E-state index in [9.17, 15) is 4.21 Å². The van der Waals surface area contributed by atoms with Crippen LogP contribution in [0.15, 0.2) is 47.4 Å². The monoisotopic (exact) mass is 465 g/mol. The Labute approximate surface area is 192 Å². The number of nitrogens with one attached hydrogen (secondary N) is 1. The molecule has 2 aromatic rings. The van der Waals surface area contributed by atoms with E-state index in [1.54, 1.807) is 0 Å². The second-order valence-corrected chi connectivity index (χ2v) is 10.5. The fourth-order valence-corrected chi connectivity index (χ4v) is 5.69. The maximum atomic E-state index is 12.4. The van der Waals surface area contributed by atoms with Gasteiger partial charge in [-0.05, 0) is 62.9 Å².